The molecule has 0 radical (unpaired) electrons. The predicted octanol–water partition coefficient (Wildman–Crippen LogP) is 4.62. The molecule has 0 bridgehead atoms. The Morgan fingerprint density at radius 3 is 2.59 bits per heavy atom. The highest BCUT2D eigenvalue weighted by Gasteiger charge is 2.34. The third kappa shape index (κ3) is 4.66. The van der Waals surface area contributed by atoms with Gasteiger partial charge in [0.15, 0.2) is 5.11 Å². The maximum Gasteiger partial charge on any atom is 0.337 e. The number of nitrogens with zero attached hydrogens (tertiary/aromatic N) is 2. The van der Waals surface area contributed by atoms with Gasteiger partial charge in [0.25, 0.3) is 11.8 Å². The fourth-order valence-electron chi connectivity index (χ4n) is 4.45. The number of esters is 1. The minimum Gasteiger partial charge on any atom is -0.465 e. The summed E-state index contributed by atoms with van der Waals surface area (Å²) in [5.41, 5.74) is 4.57. The number of thiocarbonyl (C=S) groups is 1. The molecule has 0 saturated carbocycles. The van der Waals surface area contributed by atoms with E-state index in [9.17, 15) is 14.4 Å². The molecular formula is C29H23N3O4S. The largest absolute Gasteiger partial charge is 0.465 e. The van der Waals surface area contributed by atoms with E-state index in [1.165, 1.54) is 12.0 Å². The molecule has 1 aliphatic rings. The first-order valence-corrected chi connectivity index (χ1v) is 12.0. The standard InChI is InChI=1S/C29H23N3O4S/c1-18-7-5-10-22(13-18)32-27(34)24(26(33)30-29(32)37)15-21-17-31(25-12-4-3-11-23(21)25)16-19-8-6-9-20(14-19)28(35)36-2/h3-15,17H,16H2,1-2H3,(H,30,33,37)/b24-15+. The summed E-state index contributed by atoms with van der Waals surface area (Å²) in [6.45, 7) is 2.40. The zero-order chi connectivity index (χ0) is 26.1. The Balaban J connectivity index is 1.55. The molecule has 1 N–H and O–H groups in total. The molecule has 37 heavy (non-hydrogen) atoms. The van der Waals surface area contributed by atoms with E-state index in [1.54, 1.807) is 24.3 Å². The number of carbonyl (C=O) groups excluding carboxylic acids is 3. The quantitative estimate of drug-likeness (QED) is 0.184. The highest BCUT2D eigenvalue weighted by Crippen LogP contribution is 2.27. The lowest BCUT2D eigenvalue weighted by Gasteiger charge is -2.29. The average Bonchev–Trinajstić information content (AvgIpc) is 3.23. The van der Waals surface area contributed by atoms with Crippen LogP contribution in [0.1, 0.15) is 27.0 Å². The third-order valence-corrected chi connectivity index (χ3v) is 6.47. The van der Waals surface area contributed by atoms with E-state index in [1.807, 2.05) is 72.3 Å². The van der Waals surface area contributed by atoms with Gasteiger partial charge in [-0.2, -0.15) is 0 Å². The van der Waals surface area contributed by atoms with E-state index in [4.69, 9.17) is 17.0 Å². The zero-order valence-corrected chi connectivity index (χ0v) is 21.0. The number of hydrogen-bond acceptors (Lipinski definition) is 5. The van der Waals surface area contributed by atoms with Crippen LogP contribution in [0.25, 0.3) is 17.0 Å². The fraction of sp³-hybridized carbons (Fsp3) is 0.103. The Hall–Kier alpha value is -4.56. The number of ether oxygens (including phenoxy) is 1. The van der Waals surface area contributed by atoms with Crippen molar-refractivity contribution in [1.29, 1.82) is 0 Å². The lowest BCUT2D eigenvalue weighted by atomic mass is 10.1. The van der Waals surface area contributed by atoms with Crippen molar-refractivity contribution < 1.29 is 19.1 Å². The predicted molar refractivity (Wildman–Crippen MR) is 146 cm³/mol. The van der Waals surface area contributed by atoms with Gasteiger partial charge in [0.05, 0.1) is 18.4 Å². The Labute approximate surface area is 219 Å². The van der Waals surface area contributed by atoms with Crippen LogP contribution in [0.5, 0.6) is 0 Å². The molecule has 184 valence electrons. The maximum atomic E-state index is 13.5. The van der Waals surface area contributed by atoms with Gasteiger partial charge in [-0.15, -0.1) is 0 Å². The molecule has 1 aliphatic heterocycles. The Bertz CT molecular complexity index is 1620. The van der Waals surface area contributed by atoms with Crippen molar-refractivity contribution in [3.05, 3.63) is 107 Å². The van der Waals surface area contributed by atoms with Crippen LogP contribution in [0, 0.1) is 6.92 Å². The number of anilines is 1. The Morgan fingerprint density at radius 2 is 1.81 bits per heavy atom. The molecule has 2 heterocycles. The van der Waals surface area contributed by atoms with Gasteiger partial charge in [0.1, 0.15) is 5.57 Å². The van der Waals surface area contributed by atoms with Crippen molar-refractivity contribution in [2.45, 2.75) is 13.5 Å². The minimum atomic E-state index is -0.540. The number of para-hydroxylation sites is 1. The van der Waals surface area contributed by atoms with Crippen molar-refractivity contribution >= 4 is 57.8 Å². The van der Waals surface area contributed by atoms with Gasteiger partial charge in [-0.1, -0.05) is 42.5 Å². The van der Waals surface area contributed by atoms with Gasteiger partial charge >= 0.3 is 5.97 Å². The van der Waals surface area contributed by atoms with Crippen LogP contribution in [0.3, 0.4) is 0 Å². The van der Waals surface area contributed by atoms with E-state index in [0.29, 0.717) is 17.8 Å². The number of fused-ring (bicyclic) bond motifs is 1. The van der Waals surface area contributed by atoms with Crippen LogP contribution in [0.4, 0.5) is 5.69 Å². The first-order chi connectivity index (χ1) is 17.9. The SMILES string of the molecule is COC(=O)c1cccc(Cn2cc(/C=C3\C(=O)NC(=S)N(c4cccc(C)c4)C3=O)c3ccccc32)c1. The molecule has 1 saturated heterocycles. The summed E-state index contributed by atoms with van der Waals surface area (Å²) in [5, 5.41) is 3.57. The summed E-state index contributed by atoms with van der Waals surface area (Å²) in [6, 6.07) is 22.4. The number of carbonyl (C=O) groups is 3. The topological polar surface area (TPSA) is 80.6 Å². The number of aryl methyl sites for hydroxylation is 1. The summed E-state index contributed by atoms with van der Waals surface area (Å²) in [6.07, 6.45) is 3.50. The molecule has 3 aromatic carbocycles. The molecular weight excluding hydrogens is 486 g/mol. The Morgan fingerprint density at radius 1 is 1.03 bits per heavy atom. The van der Waals surface area contributed by atoms with Gasteiger partial charge in [0.2, 0.25) is 0 Å². The summed E-state index contributed by atoms with van der Waals surface area (Å²) in [7, 11) is 1.35. The first kappa shape index (κ1) is 24.1. The van der Waals surface area contributed by atoms with E-state index < -0.39 is 17.8 Å². The summed E-state index contributed by atoms with van der Waals surface area (Å²) < 4.78 is 6.86. The number of hydrogen-bond donors (Lipinski definition) is 1. The molecule has 5 rings (SSSR count). The van der Waals surface area contributed by atoms with E-state index in [2.05, 4.69) is 5.32 Å². The van der Waals surface area contributed by atoms with Crippen molar-refractivity contribution in [3.8, 4) is 0 Å². The number of aromatic nitrogens is 1. The van der Waals surface area contributed by atoms with Gasteiger partial charge in [-0.3, -0.25) is 19.8 Å². The summed E-state index contributed by atoms with van der Waals surface area (Å²) in [4.78, 5) is 39.7. The van der Waals surface area contributed by atoms with Gasteiger partial charge in [-0.05, 0) is 66.7 Å². The number of amides is 2. The number of rotatable bonds is 5. The zero-order valence-electron chi connectivity index (χ0n) is 20.2. The second-order valence-corrected chi connectivity index (χ2v) is 9.11. The van der Waals surface area contributed by atoms with Crippen molar-refractivity contribution in [1.82, 2.24) is 9.88 Å². The molecule has 7 nitrogen and oxygen atoms in total. The molecule has 1 aromatic heterocycles. The number of nitrogens with one attached hydrogen (secondary N) is 1. The summed E-state index contributed by atoms with van der Waals surface area (Å²) in [5.74, 6) is -1.42. The van der Waals surface area contributed by atoms with E-state index >= 15 is 0 Å². The summed E-state index contributed by atoms with van der Waals surface area (Å²) >= 11 is 5.32. The monoisotopic (exact) mass is 509 g/mol. The van der Waals surface area contributed by atoms with E-state index in [-0.39, 0.29) is 10.7 Å². The lowest BCUT2D eigenvalue weighted by molar-refractivity contribution is -0.122. The Kier molecular flexibility index (Phi) is 6.42. The second-order valence-electron chi connectivity index (χ2n) is 8.72. The molecule has 2 amide bonds. The molecule has 0 spiro atoms. The van der Waals surface area contributed by atoms with Gasteiger partial charge in [-0.25, -0.2) is 4.79 Å². The number of benzene rings is 3. The van der Waals surface area contributed by atoms with E-state index in [0.717, 1.165) is 27.6 Å². The fourth-order valence-corrected chi connectivity index (χ4v) is 4.73. The third-order valence-electron chi connectivity index (χ3n) is 6.18. The molecule has 4 aromatic rings. The highest BCUT2D eigenvalue weighted by atomic mass is 32.1. The smallest absolute Gasteiger partial charge is 0.337 e. The van der Waals surface area contributed by atoms with Crippen LogP contribution >= 0.6 is 12.2 Å². The van der Waals surface area contributed by atoms with Crippen LogP contribution < -0.4 is 10.2 Å². The molecule has 0 atom stereocenters. The van der Waals surface area contributed by atoms with Crippen molar-refractivity contribution in [2.75, 3.05) is 12.0 Å². The lowest BCUT2D eigenvalue weighted by Crippen LogP contribution is -2.54. The molecule has 0 unspecified atom stereocenters. The number of methoxy groups -OCH3 is 1. The second kappa shape index (κ2) is 9.83. The van der Waals surface area contributed by atoms with Crippen molar-refractivity contribution in [3.63, 3.8) is 0 Å². The highest BCUT2D eigenvalue weighted by molar-refractivity contribution is 7.80. The van der Waals surface area contributed by atoms with Crippen LogP contribution in [0.15, 0.2) is 84.6 Å². The normalized spacial score (nSPS) is 14.8. The van der Waals surface area contributed by atoms with Crippen LogP contribution in [-0.4, -0.2) is 34.6 Å². The van der Waals surface area contributed by atoms with Gasteiger partial charge in [0, 0.05) is 29.2 Å². The molecule has 1 fully saturated rings. The van der Waals surface area contributed by atoms with Crippen molar-refractivity contribution in [2.24, 2.45) is 0 Å². The molecule has 0 aliphatic carbocycles. The van der Waals surface area contributed by atoms with Gasteiger partial charge < -0.3 is 9.30 Å². The maximum absolute atomic E-state index is 13.5. The first-order valence-electron chi connectivity index (χ1n) is 11.6. The minimum absolute atomic E-state index is 0.00861. The molecule has 8 heteroatoms. The average molecular weight is 510 g/mol. The van der Waals surface area contributed by atoms with Crippen LogP contribution in [0.2, 0.25) is 0 Å². The van der Waals surface area contributed by atoms with Crippen LogP contribution in [-0.2, 0) is 20.9 Å².